The second kappa shape index (κ2) is 7.55. The van der Waals surface area contributed by atoms with E-state index in [9.17, 15) is 4.21 Å². The zero-order chi connectivity index (χ0) is 15.4. The molecule has 1 aromatic rings. The average Bonchev–Trinajstić information content (AvgIpc) is 2.45. The molecule has 0 heterocycles. The van der Waals surface area contributed by atoms with E-state index in [4.69, 9.17) is 5.73 Å². The van der Waals surface area contributed by atoms with Crippen molar-refractivity contribution in [1.29, 1.82) is 0 Å². The highest BCUT2D eigenvalue weighted by atomic mass is 32.2. The Balaban J connectivity index is 2.09. The van der Waals surface area contributed by atoms with Gasteiger partial charge < -0.3 is 5.73 Å². The predicted octanol–water partition coefficient (Wildman–Crippen LogP) is 3.71. The fourth-order valence-corrected chi connectivity index (χ4v) is 5.53. The van der Waals surface area contributed by atoms with Gasteiger partial charge in [0.2, 0.25) is 0 Å². The summed E-state index contributed by atoms with van der Waals surface area (Å²) in [4.78, 5) is 0. The first kappa shape index (κ1) is 16.7. The molecule has 0 saturated heterocycles. The summed E-state index contributed by atoms with van der Waals surface area (Å²) >= 11 is 0. The average molecular weight is 308 g/mol. The summed E-state index contributed by atoms with van der Waals surface area (Å²) in [5.74, 6) is 1.86. The van der Waals surface area contributed by atoms with Gasteiger partial charge in [0.25, 0.3) is 0 Å². The Morgan fingerprint density at radius 1 is 1.19 bits per heavy atom. The van der Waals surface area contributed by atoms with E-state index >= 15 is 0 Å². The Kier molecular flexibility index (Phi) is 6.00. The minimum Gasteiger partial charge on any atom is -0.330 e. The van der Waals surface area contributed by atoms with Crippen LogP contribution < -0.4 is 5.73 Å². The van der Waals surface area contributed by atoms with Crippen molar-refractivity contribution in [3.8, 4) is 0 Å². The first-order chi connectivity index (χ1) is 10.0. The molecule has 4 atom stereocenters. The minimum absolute atomic E-state index is 0.287. The molecule has 1 saturated carbocycles. The van der Waals surface area contributed by atoms with Gasteiger partial charge in [-0.25, -0.2) is 0 Å². The molecule has 21 heavy (non-hydrogen) atoms. The van der Waals surface area contributed by atoms with Crippen LogP contribution in [0.3, 0.4) is 0 Å². The second-order valence-corrected chi connectivity index (χ2v) is 8.30. The molecule has 3 heteroatoms. The van der Waals surface area contributed by atoms with E-state index in [2.05, 4.69) is 39.0 Å². The lowest BCUT2D eigenvalue weighted by molar-refractivity contribution is 0.280. The molecule has 0 spiro atoms. The number of hydrogen-bond donors (Lipinski definition) is 1. The molecule has 0 amide bonds. The van der Waals surface area contributed by atoms with Crippen molar-refractivity contribution in [3.05, 3.63) is 34.9 Å². The van der Waals surface area contributed by atoms with Crippen LogP contribution in [0, 0.1) is 25.7 Å². The van der Waals surface area contributed by atoms with Crippen molar-refractivity contribution >= 4 is 10.8 Å². The molecule has 1 aliphatic rings. The number of benzene rings is 1. The Labute approximate surface area is 132 Å². The number of rotatable bonds is 5. The Morgan fingerprint density at radius 3 is 2.43 bits per heavy atom. The summed E-state index contributed by atoms with van der Waals surface area (Å²) in [6, 6.07) is 6.51. The topological polar surface area (TPSA) is 43.1 Å². The monoisotopic (exact) mass is 307 g/mol. The fourth-order valence-electron chi connectivity index (χ4n) is 3.66. The summed E-state index contributed by atoms with van der Waals surface area (Å²) in [7, 11) is -0.806. The van der Waals surface area contributed by atoms with Gasteiger partial charge >= 0.3 is 0 Å². The summed E-state index contributed by atoms with van der Waals surface area (Å²) in [6.45, 7) is 7.14. The van der Waals surface area contributed by atoms with Gasteiger partial charge in [-0.1, -0.05) is 49.1 Å². The van der Waals surface area contributed by atoms with Crippen LogP contribution in [0.25, 0.3) is 0 Å². The molecule has 4 unspecified atom stereocenters. The van der Waals surface area contributed by atoms with Gasteiger partial charge in [0.15, 0.2) is 0 Å². The van der Waals surface area contributed by atoms with E-state index < -0.39 is 10.8 Å². The van der Waals surface area contributed by atoms with Crippen LogP contribution in [0.4, 0.5) is 0 Å². The molecular weight excluding hydrogens is 278 g/mol. The normalized spacial score (nSPS) is 27.5. The van der Waals surface area contributed by atoms with Gasteiger partial charge in [-0.2, -0.15) is 0 Å². The van der Waals surface area contributed by atoms with Crippen LogP contribution in [0.1, 0.15) is 49.3 Å². The Bertz CT molecular complexity index is 480. The lowest BCUT2D eigenvalue weighted by Crippen LogP contribution is -2.37. The van der Waals surface area contributed by atoms with Crippen LogP contribution in [0.15, 0.2) is 18.2 Å². The molecule has 118 valence electrons. The van der Waals surface area contributed by atoms with Gasteiger partial charge in [-0.3, -0.25) is 4.21 Å². The Morgan fingerprint density at radius 2 is 1.86 bits per heavy atom. The zero-order valence-electron chi connectivity index (χ0n) is 13.6. The maximum atomic E-state index is 12.9. The highest BCUT2D eigenvalue weighted by molar-refractivity contribution is 7.84. The second-order valence-electron chi connectivity index (χ2n) is 6.64. The summed E-state index contributed by atoms with van der Waals surface area (Å²) < 4.78 is 12.9. The fraction of sp³-hybridized carbons (Fsp3) is 0.667. The third kappa shape index (κ3) is 4.40. The van der Waals surface area contributed by atoms with Crippen LogP contribution in [0.2, 0.25) is 0 Å². The summed E-state index contributed by atoms with van der Waals surface area (Å²) in [5, 5.41) is 0.287. The molecule has 1 aliphatic carbocycles. The van der Waals surface area contributed by atoms with Crippen molar-refractivity contribution in [1.82, 2.24) is 0 Å². The van der Waals surface area contributed by atoms with Crippen LogP contribution in [-0.2, 0) is 16.6 Å². The molecule has 1 aromatic carbocycles. The minimum atomic E-state index is -0.806. The lowest BCUT2D eigenvalue weighted by Gasteiger charge is -2.34. The van der Waals surface area contributed by atoms with Crippen molar-refractivity contribution in [2.24, 2.45) is 17.6 Å². The van der Waals surface area contributed by atoms with Crippen LogP contribution in [-0.4, -0.2) is 16.0 Å². The van der Waals surface area contributed by atoms with E-state index in [0.717, 1.165) is 18.8 Å². The maximum Gasteiger partial charge on any atom is 0.0488 e. The molecular formula is C18H29NOS. The van der Waals surface area contributed by atoms with Crippen molar-refractivity contribution in [3.63, 3.8) is 0 Å². The maximum absolute atomic E-state index is 12.9. The van der Waals surface area contributed by atoms with E-state index in [1.807, 2.05) is 0 Å². The largest absolute Gasteiger partial charge is 0.330 e. The zero-order valence-corrected chi connectivity index (χ0v) is 14.4. The Hall–Kier alpha value is -0.670. The highest BCUT2D eigenvalue weighted by Gasteiger charge is 2.32. The quantitative estimate of drug-likeness (QED) is 0.901. The number of aryl methyl sites for hydroxylation is 2. The summed E-state index contributed by atoms with van der Waals surface area (Å²) in [5.41, 5.74) is 9.65. The molecule has 2 nitrogen and oxygen atoms in total. The SMILES string of the molecule is CCC1CCC(CN)C(S(=O)Cc2cc(C)cc(C)c2)C1. The van der Waals surface area contributed by atoms with Gasteiger partial charge in [-0.15, -0.1) is 0 Å². The molecule has 0 aromatic heterocycles. The molecule has 0 radical (unpaired) electrons. The van der Waals surface area contributed by atoms with E-state index in [0.29, 0.717) is 18.2 Å². The first-order valence-electron chi connectivity index (χ1n) is 8.17. The summed E-state index contributed by atoms with van der Waals surface area (Å²) in [6.07, 6.45) is 4.71. The lowest BCUT2D eigenvalue weighted by atomic mass is 9.80. The smallest absolute Gasteiger partial charge is 0.0488 e. The standard InChI is InChI=1S/C18H29NOS/c1-4-15-5-6-17(11-19)18(10-15)21(20)12-16-8-13(2)7-14(3)9-16/h7-9,15,17-18H,4-6,10-12,19H2,1-3H3. The van der Waals surface area contributed by atoms with Crippen LogP contribution in [0.5, 0.6) is 0 Å². The molecule has 0 bridgehead atoms. The third-order valence-electron chi connectivity index (χ3n) is 4.85. The molecule has 2 N–H and O–H groups in total. The van der Waals surface area contributed by atoms with Crippen molar-refractivity contribution in [2.45, 2.75) is 57.5 Å². The van der Waals surface area contributed by atoms with E-state index in [1.54, 1.807) is 0 Å². The number of hydrogen-bond acceptors (Lipinski definition) is 2. The van der Waals surface area contributed by atoms with E-state index in [1.165, 1.54) is 29.5 Å². The van der Waals surface area contributed by atoms with Gasteiger partial charge in [0, 0.05) is 21.8 Å². The first-order valence-corrected chi connectivity index (χ1v) is 9.56. The predicted molar refractivity (Wildman–Crippen MR) is 91.7 cm³/mol. The van der Waals surface area contributed by atoms with Gasteiger partial charge in [0.1, 0.15) is 0 Å². The van der Waals surface area contributed by atoms with Crippen molar-refractivity contribution < 1.29 is 4.21 Å². The van der Waals surface area contributed by atoms with Crippen molar-refractivity contribution in [2.75, 3.05) is 6.54 Å². The van der Waals surface area contributed by atoms with E-state index in [-0.39, 0.29) is 5.25 Å². The highest BCUT2D eigenvalue weighted by Crippen LogP contribution is 2.34. The molecule has 0 aliphatic heterocycles. The van der Waals surface area contributed by atoms with Gasteiger partial charge in [-0.05, 0) is 50.6 Å². The molecule has 2 rings (SSSR count). The third-order valence-corrected chi connectivity index (χ3v) is 6.72. The van der Waals surface area contributed by atoms with Crippen LogP contribution >= 0.6 is 0 Å². The molecule has 1 fully saturated rings. The van der Waals surface area contributed by atoms with Gasteiger partial charge in [0.05, 0.1) is 0 Å². The number of nitrogens with two attached hydrogens (primary N) is 1.